The fourth-order valence-electron chi connectivity index (χ4n) is 2.51. The maximum absolute atomic E-state index is 12.6. The third-order valence-electron chi connectivity index (χ3n) is 3.67. The molecular formula is C17H20N4OS. The van der Waals surface area contributed by atoms with Gasteiger partial charge in [-0.3, -0.25) is 4.79 Å². The third kappa shape index (κ3) is 3.12. The molecule has 0 saturated carbocycles. The normalized spacial score (nSPS) is 12.7. The lowest BCUT2D eigenvalue weighted by molar-refractivity contribution is 0.0932. The predicted octanol–water partition coefficient (Wildman–Crippen LogP) is 3.94. The van der Waals surface area contributed by atoms with Gasteiger partial charge in [0.15, 0.2) is 0 Å². The summed E-state index contributed by atoms with van der Waals surface area (Å²) in [6, 6.07) is 7.62. The SMILES string of the molecule is Cc1nc(C(=O)N[C@H](C)c2nc3ccccc3[nH]2)c(C(C)C)s1. The van der Waals surface area contributed by atoms with Gasteiger partial charge in [0, 0.05) is 4.88 Å². The summed E-state index contributed by atoms with van der Waals surface area (Å²) >= 11 is 1.58. The third-order valence-corrected chi connectivity index (χ3v) is 4.94. The van der Waals surface area contributed by atoms with Crippen molar-refractivity contribution in [1.29, 1.82) is 0 Å². The number of H-pyrrole nitrogens is 1. The van der Waals surface area contributed by atoms with Crippen molar-refractivity contribution < 1.29 is 4.79 Å². The summed E-state index contributed by atoms with van der Waals surface area (Å²) in [5.74, 6) is 0.882. The molecule has 23 heavy (non-hydrogen) atoms. The van der Waals surface area contributed by atoms with Crippen molar-refractivity contribution in [3.8, 4) is 0 Å². The minimum absolute atomic E-state index is 0.147. The molecule has 3 aromatic rings. The summed E-state index contributed by atoms with van der Waals surface area (Å²) in [4.78, 5) is 25.8. The highest BCUT2D eigenvalue weighted by atomic mass is 32.1. The first-order valence-electron chi connectivity index (χ1n) is 7.68. The predicted molar refractivity (Wildman–Crippen MR) is 92.9 cm³/mol. The van der Waals surface area contributed by atoms with Crippen molar-refractivity contribution in [3.05, 3.63) is 45.7 Å². The van der Waals surface area contributed by atoms with Crippen molar-refractivity contribution in [2.24, 2.45) is 0 Å². The van der Waals surface area contributed by atoms with Crippen molar-refractivity contribution in [2.45, 2.75) is 39.7 Å². The van der Waals surface area contributed by atoms with Crippen LogP contribution in [0.15, 0.2) is 24.3 Å². The summed E-state index contributed by atoms with van der Waals surface area (Å²) in [6.45, 7) is 8.00. The fourth-order valence-corrected chi connectivity index (χ4v) is 3.43. The second-order valence-corrected chi connectivity index (χ2v) is 7.17. The molecule has 120 valence electrons. The van der Waals surface area contributed by atoms with Crippen LogP contribution in [-0.2, 0) is 0 Å². The molecule has 0 aliphatic heterocycles. The number of thiazole rings is 1. The lowest BCUT2D eigenvalue weighted by Crippen LogP contribution is -2.28. The lowest BCUT2D eigenvalue weighted by atomic mass is 10.1. The summed E-state index contributed by atoms with van der Waals surface area (Å²) in [5, 5.41) is 3.91. The van der Waals surface area contributed by atoms with E-state index in [0.29, 0.717) is 5.69 Å². The fraction of sp³-hybridized carbons (Fsp3) is 0.353. The molecule has 6 heteroatoms. The average Bonchev–Trinajstić information content (AvgIpc) is 3.10. The van der Waals surface area contributed by atoms with Crippen LogP contribution in [0.2, 0.25) is 0 Å². The van der Waals surface area contributed by atoms with Crippen LogP contribution in [0.4, 0.5) is 0 Å². The summed E-state index contributed by atoms with van der Waals surface area (Å²) < 4.78 is 0. The first kappa shape index (κ1) is 15.7. The average molecular weight is 328 g/mol. The smallest absolute Gasteiger partial charge is 0.271 e. The van der Waals surface area contributed by atoms with E-state index in [4.69, 9.17) is 0 Å². The maximum Gasteiger partial charge on any atom is 0.271 e. The van der Waals surface area contributed by atoms with Crippen LogP contribution in [0.5, 0.6) is 0 Å². The lowest BCUT2D eigenvalue weighted by Gasteiger charge is -2.12. The first-order valence-corrected chi connectivity index (χ1v) is 8.50. The van der Waals surface area contributed by atoms with Crippen molar-refractivity contribution in [1.82, 2.24) is 20.3 Å². The Bertz CT molecular complexity index is 816. The Kier molecular flexibility index (Phi) is 4.17. The monoisotopic (exact) mass is 328 g/mol. The molecule has 2 heterocycles. The van der Waals surface area contributed by atoms with Crippen LogP contribution in [0.25, 0.3) is 11.0 Å². The molecule has 0 unspecified atom stereocenters. The first-order chi connectivity index (χ1) is 11.0. The number of nitrogens with zero attached hydrogens (tertiary/aromatic N) is 2. The number of imidazole rings is 1. The Labute approximate surface area is 139 Å². The number of aromatic nitrogens is 3. The number of carbonyl (C=O) groups excluding carboxylic acids is 1. The molecule has 0 spiro atoms. The molecule has 1 amide bonds. The van der Waals surface area contributed by atoms with E-state index in [-0.39, 0.29) is 17.9 Å². The Hall–Kier alpha value is -2.21. The summed E-state index contributed by atoms with van der Waals surface area (Å²) in [7, 11) is 0. The number of amides is 1. The molecule has 2 N–H and O–H groups in total. The van der Waals surface area contributed by atoms with Crippen molar-refractivity contribution in [2.75, 3.05) is 0 Å². The second-order valence-electron chi connectivity index (χ2n) is 5.93. The molecule has 3 rings (SSSR count). The van der Waals surface area contributed by atoms with Gasteiger partial charge in [-0.15, -0.1) is 11.3 Å². The van der Waals surface area contributed by atoms with Gasteiger partial charge >= 0.3 is 0 Å². The van der Waals surface area contributed by atoms with Gasteiger partial charge in [0.1, 0.15) is 11.5 Å². The number of nitrogens with one attached hydrogen (secondary N) is 2. The van der Waals surface area contributed by atoms with E-state index in [1.807, 2.05) is 38.1 Å². The van der Waals surface area contributed by atoms with Gasteiger partial charge in [-0.1, -0.05) is 26.0 Å². The van der Waals surface area contributed by atoms with Gasteiger partial charge in [-0.05, 0) is 31.9 Å². The molecule has 1 atom stereocenters. The highest BCUT2D eigenvalue weighted by Crippen LogP contribution is 2.26. The Morgan fingerprint density at radius 1 is 1.22 bits per heavy atom. The molecule has 0 aliphatic rings. The zero-order valence-corrected chi connectivity index (χ0v) is 14.5. The molecule has 2 aromatic heterocycles. The maximum atomic E-state index is 12.6. The van der Waals surface area contributed by atoms with Gasteiger partial charge in [0.2, 0.25) is 0 Å². The van der Waals surface area contributed by atoms with E-state index in [9.17, 15) is 4.79 Å². The van der Waals surface area contributed by atoms with E-state index in [2.05, 4.69) is 34.1 Å². The van der Waals surface area contributed by atoms with Gasteiger partial charge in [0.25, 0.3) is 5.91 Å². The number of aryl methyl sites for hydroxylation is 1. The van der Waals surface area contributed by atoms with Crippen LogP contribution in [0.3, 0.4) is 0 Å². The van der Waals surface area contributed by atoms with Crippen molar-refractivity contribution >= 4 is 28.3 Å². The highest BCUT2D eigenvalue weighted by Gasteiger charge is 2.21. The minimum Gasteiger partial charge on any atom is -0.341 e. The Morgan fingerprint density at radius 3 is 2.65 bits per heavy atom. The molecule has 0 radical (unpaired) electrons. The number of benzene rings is 1. The van der Waals surface area contributed by atoms with Crippen LogP contribution in [0, 0.1) is 6.92 Å². The molecule has 0 fully saturated rings. The molecule has 0 bridgehead atoms. The van der Waals surface area contributed by atoms with Crippen molar-refractivity contribution in [3.63, 3.8) is 0 Å². The minimum atomic E-state index is -0.211. The molecule has 5 nitrogen and oxygen atoms in total. The molecule has 0 saturated heterocycles. The number of para-hydroxylation sites is 2. The quantitative estimate of drug-likeness (QED) is 0.762. The van der Waals surface area contributed by atoms with Gasteiger partial charge in [-0.25, -0.2) is 9.97 Å². The van der Waals surface area contributed by atoms with Crippen LogP contribution in [-0.4, -0.2) is 20.9 Å². The zero-order chi connectivity index (χ0) is 16.6. The van der Waals surface area contributed by atoms with E-state index in [1.54, 1.807) is 11.3 Å². The molecule has 0 aliphatic carbocycles. The topological polar surface area (TPSA) is 70.7 Å². The largest absolute Gasteiger partial charge is 0.341 e. The van der Waals surface area contributed by atoms with Crippen LogP contribution >= 0.6 is 11.3 Å². The number of fused-ring (bicyclic) bond motifs is 1. The second kappa shape index (κ2) is 6.12. The van der Waals surface area contributed by atoms with E-state index in [1.165, 1.54) is 0 Å². The summed E-state index contributed by atoms with van der Waals surface area (Å²) in [6.07, 6.45) is 0. The van der Waals surface area contributed by atoms with Gasteiger partial charge in [0.05, 0.1) is 22.1 Å². The van der Waals surface area contributed by atoms with E-state index >= 15 is 0 Å². The Balaban J connectivity index is 1.82. The van der Waals surface area contributed by atoms with E-state index < -0.39 is 0 Å². The molecule has 1 aromatic carbocycles. The number of carbonyl (C=O) groups is 1. The zero-order valence-electron chi connectivity index (χ0n) is 13.7. The standard InChI is InChI=1S/C17H20N4OS/c1-9(2)15-14(19-11(4)23-15)17(22)18-10(3)16-20-12-7-5-6-8-13(12)21-16/h5-10H,1-4H3,(H,18,22)(H,20,21)/t10-/m1/s1. The van der Waals surface area contributed by atoms with Crippen LogP contribution in [0.1, 0.15) is 58.9 Å². The Morgan fingerprint density at radius 2 is 1.96 bits per heavy atom. The number of rotatable bonds is 4. The number of hydrogen-bond donors (Lipinski definition) is 2. The number of hydrogen-bond acceptors (Lipinski definition) is 4. The highest BCUT2D eigenvalue weighted by molar-refractivity contribution is 7.12. The van der Waals surface area contributed by atoms with Gasteiger partial charge in [-0.2, -0.15) is 0 Å². The number of aromatic amines is 1. The summed E-state index contributed by atoms with van der Waals surface area (Å²) in [5.41, 5.74) is 2.40. The van der Waals surface area contributed by atoms with Gasteiger partial charge < -0.3 is 10.3 Å². The molecular weight excluding hydrogens is 308 g/mol. The van der Waals surface area contributed by atoms with Crippen LogP contribution < -0.4 is 5.32 Å². The van der Waals surface area contributed by atoms with E-state index in [0.717, 1.165) is 26.7 Å².